The van der Waals surface area contributed by atoms with E-state index in [4.69, 9.17) is 9.47 Å². The number of nitrogens with zero attached hydrogens (tertiary/aromatic N) is 4. The fourth-order valence-corrected chi connectivity index (χ4v) is 5.60. The number of rotatable bonds is 8. The second-order valence-corrected chi connectivity index (χ2v) is 11.0. The summed E-state index contributed by atoms with van der Waals surface area (Å²) in [6, 6.07) is 12.2. The van der Waals surface area contributed by atoms with Gasteiger partial charge >= 0.3 is 0 Å². The molecule has 2 unspecified atom stereocenters. The van der Waals surface area contributed by atoms with E-state index < -0.39 is 9.85 Å². The minimum Gasteiger partial charge on any atom is -0.379 e. The molecule has 4 aromatic rings. The third-order valence-electron chi connectivity index (χ3n) is 8.59. The van der Waals surface area contributed by atoms with Crippen molar-refractivity contribution >= 4 is 44.6 Å². The van der Waals surface area contributed by atoms with Crippen molar-refractivity contribution in [3.8, 4) is 0 Å². The lowest BCUT2D eigenvalue weighted by atomic mass is 9.88. The fraction of sp³-hybridized carbons (Fsp3) is 0.400. The predicted octanol–water partition coefficient (Wildman–Crippen LogP) is 4.07. The molecule has 6 rings (SSSR count). The van der Waals surface area contributed by atoms with Crippen LogP contribution in [0.2, 0.25) is 0 Å². The highest BCUT2D eigenvalue weighted by molar-refractivity contribution is 5.94. The molecule has 2 aromatic heterocycles. The molecule has 2 aliphatic carbocycles. The molecule has 0 amide bonds. The molecule has 2 aliphatic rings. The van der Waals surface area contributed by atoms with Crippen LogP contribution >= 0.6 is 0 Å². The fourth-order valence-electron chi connectivity index (χ4n) is 5.60. The van der Waals surface area contributed by atoms with Crippen LogP contribution in [0.25, 0.3) is 21.8 Å². The number of nitro groups is 2. The largest absolute Gasteiger partial charge is 0.379 e. The number of hydrogen-bond acceptors (Lipinski definition) is 10. The Hall–Kier alpha value is -4.82. The number of fused-ring (bicyclic) bond motifs is 2. The van der Waals surface area contributed by atoms with Crippen LogP contribution in [-0.4, -0.2) is 57.5 Å². The zero-order valence-electron chi connectivity index (χ0n) is 24.8. The maximum atomic E-state index is 12.1. The number of pyridine rings is 2. The topological polar surface area (TPSA) is 173 Å². The monoisotopic (exact) mass is 606 g/mol. The molecule has 0 aliphatic heterocycles. The van der Waals surface area contributed by atoms with Crippen molar-refractivity contribution < 1.29 is 19.3 Å². The molecule has 2 heterocycles. The van der Waals surface area contributed by atoms with Crippen molar-refractivity contribution in [3.05, 3.63) is 89.5 Å². The van der Waals surface area contributed by atoms with Gasteiger partial charge in [0.15, 0.2) is 0 Å². The number of methoxy groups -OCH3 is 2. The number of anilines is 2. The number of nitrogens with one attached hydrogen (secondary N) is 2. The van der Waals surface area contributed by atoms with E-state index in [-0.39, 0.29) is 46.8 Å². The summed E-state index contributed by atoms with van der Waals surface area (Å²) in [6.45, 7) is 0. The van der Waals surface area contributed by atoms with Gasteiger partial charge in [-0.1, -0.05) is 0 Å². The highest BCUT2D eigenvalue weighted by Gasteiger charge is 2.32. The van der Waals surface area contributed by atoms with Crippen molar-refractivity contribution in [2.45, 2.75) is 50.0 Å². The standard InChI is InChI=1S/2C15H17N3O4/c2*1-17-13-5-3-9(18(20)21)7-10(13)12(8-15(17)19)16-11-4-6-14(11)22-2/h2*3,5,7-8,11,14,16H,4,6H2,1-2H3/t2*11?,14-/m10/s1. The van der Waals surface area contributed by atoms with Crippen molar-refractivity contribution in [1.82, 2.24) is 9.13 Å². The predicted molar refractivity (Wildman–Crippen MR) is 167 cm³/mol. The molecular weight excluding hydrogens is 572 g/mol. The highest BCUT2D eigenvalue weighted by Crippen LogP contribution is 2.32. The van der Waals surface area contributed by atoms with E-state index in [9.17, 15) is 29.8 Å². The lowest BCUT2D eigenvalue weighted by molar-refractivity contribution is -0.384. The maximum Gasteiger partial charge on any atom is 0.270 e. The van der Waals surface area contributed by atoms with Crippen LogP contribution in [0.1, 0.15) is 25.7 Å². The Balaban J connectivity index is 0.000000175. The number of ether oxygens (including phenoxy) is 2. The Morgan fingerprint density at radius 3 is 1.36 bits per heavy atom. The van der Waals surface area contributed by atoms with Crippen LogP contribution in [0.4, 0.5) is 22.7 Å². The first-order valence-electron chi connectivity index (χ1n) is 14.2. The van der Waals surface area contributed by atoms with Crippen molar-refractivity contribution in [2.24, 2.45) is 14.1 Å². The van der Waals surface area contributed by atoms with Crippen LogP contribution in [0.15, 0.2) is 58.1 Å². The summed E-state index contributed by atoms with van der Waals surface area (Å²) >= 11 is 0. The van der Waals surface area contributed by atoms with Crippen LogP contribution in [0.5, 0.6) is 0 Å². The van der Waals surface area contributed by atoms with Crippen LogP contribution in [-0.2, 0) is 23.6 Å². The SMILES string of the molecule is CO[C@@H]1CCC1Nc1cc(=O)n(C)c2ccc([N+](=O)[O-])cc12.CO[C@H]1CCC1Nc1cc(=O)n(C)c2ccc([N+](=O)[O-])cc12. The average molecular weight is 607 g/mol. The van der Waals surface area contributed by atoms with Gasteiger partial charge in [0.2, 0.25) is 0 Å². The van der Waals surface area contributed by atoms with Crippen LogP contribution in [0, 0.1) is 20.2 Å². The highest BCUT2D eigenvalue weighted by atomic mass is 16.6. The molecule has 0 bridgehead atoms. The number of nitro benzene ring substituents is 2. The molecule has 0 spiro atoms. The summed E-state index contributed by atoms with van der Waals surface area (Å²) in [5, 5.41) is 29.9. The molecule has 2 saturated carbocycles. The summed E-state index contributed by atoms with van der Waals surface area (Å²) in [5.74, 6) is 0. The zero-order valence-corrected chi connectivity index (χ0v) is 24.8. The van der Waals surface area contributed by atoms with E-state index in [1.807, 2.05) is 0 Å². The average Bonchev–Trinajstić information content (AvgIpc) is 2.98. The first-order valence-corrected chi connectivity index (χ1v) is 14.2. The molecule has 2 fully saturated rings. The molecule has 2 N–H and O–H groups in total. The maximum absolute atomic E-state index is 12.1. The number of hydrogen-bond donors (Lipinski definition) is 2. The van der Waals surface area contributed by atoms with Gasteiger partial charge in [0.1, 0.15) is 0 Å². The quantitative estimate of drug-likeness (QED) is 0.220. The molecule has 4 atom stereocenters. The van der Waals surface area contributed by atoms with Gasteiger partial charge in [0, 0.05) is 86.9 Å². The normalized spacial score (nSPS) is 20.6. The second kappa shape index (κ2) is 12.4. The third-order valence-corrected chi connectivity index (χ3v) is 8.59. The summed E-state index contributed by atoms with van der Waals surface area (Å²) in [4.78, 5) is 45.3. The number of aryl methyl sites for hydroxylation is 2. The lowest BCUT2D eigenvalue weighted by Crippen LogP contribution is -2.44. The van der Waals surface area contributed by atoms with Gasteiger partial charge in [-0.25, -0.2) is 0 Å². The van der Waals surface area contributed by atoms with E-state index in [0.29, 0.717) is 33.2 Å². The van der Waals surface area contributed by atoms with Gasteiger partial charge in [0.25, 0.3) is 22.5 Å². The van der Waals surface area contributed by atoms with Gasteiger partial charge in [-0.3, -0.25) is 29.8 Å². The summed E-state index contributed by atoms with van der Waals surface area (Å²) in [6.07, 6.45) is 4.05. The first kappa shape index (κ1) is 30.6. The molecule has 2 aromatic carbocycles. The van der Waals surface area contributed by atoms with E-state index in [1.165, 1.54) is 45.5 Å². The Morgan fingerprint density at radius 1 is 0.682 bits per heavy atom. The summed E-state index contributed by atoms with van der Waals surface area (Å²) in [5.41, 5.74) is 2.26. The minimum absolute atomic E-state index is 0.00565. The Kier molecular flexibility index (Phi) is 8.65. The van der Waals surface area contributed by atoms with Crippen molar-refractivity contribution in [1.29, 1.82) is 0 Å². The summed E-state index contributed by atoms with van der Waals surface area (Å²) < 4.78 is 13.7. The number of non-ortho nitro benzene ring substituents is 2. The second-order valence-electron chi connectivity index (χ2n) is 11.0. The van der Waals surface area contributed by atoms with Crippen molar-refractivity contribution in [2.75, 3.05) is 24.9 Å². The smallest absolute Gasteiger partial charge is 0.270 e. The van der Waals surface area contributed by atoms with Crippen LogP contribution in [0.3, 0.4) is 0 Å². The first-order chi connectivity index (χ1) is 21.0. The van der Waals surface area contributed by atoms with Gasteiger partial charge in [-0.05, 0) is 37.8 Å². The molecule has 232 valence electrons. The van der Waals surface area contributed by atoms with Gasteiger partial charge < -0.3 is 29.2 Å². The molecule has 0 saturated heterocycles. The Bertz CT molecular complexity index is 1730. The molecule has 14 heteroatoms. The summed E-state index contributed by atoms with van der Waals surface area (Å²) in [7, 11) is 6.63. The van der Waals surface area contributed by atoms with Gasteiger partial charge in [0.05, 0.1) is 45.2 Å². The Labute approximate surface area is 251 Å². The van der Waals surface area contributed by atoms with E-state index >= 15 is 0 Å². The zero-order chi connectivity index (χ0) is 31.7. The van der Waals surface area contributed by atoms with E-state index in [2.05, 4.69) is 10.6 Å². The van der Waals surface area contributed by atoms with Crippen LogP contribution < -0.4 is 21.8 Å². The lowest BCUT2D eigenvalue weighted by Gasteiger charge is -2.36. The molecule has 44 heavy (non-hydrogen) atoms. The van der Waals surface area contributed by atoms with E-state index in [0.717, 1.165) is 25.7 Å². The molecule has 14 nitrogen and oxygen atoms in total. The Morgan fingerprint density at radius 2 is 1.07 bits per heavy atom. The number of aromatic nitrogens is 2. The molecule has 0 radical (unpaired) electrons. The van der Waals surface area contributed by atoms with E-state index in [1.54, 1.807) is 40.4 Å². The third kappa shape index (κ3) is 5.85. The minimum atomic E-state index is -0.435. The van der Waals surface area contributed by atoms with Gasteiger partial charge in [-0.2, -0.15) is 0 Å². The van der Waals surface area contributed by atoms with Crippen molar-refractivity contribution in [3.63, 3.8) is 0 Å². The van der Waals surface area contributed by atoms with Gasteiger partial charge in [-0.15, -0.1) is 0 Å². The molecular formula is C30H34N6O8. The number of benzene rings is 2.